The summed E-state index contributed by atoms with van der Waals surface area (Å²) in [4.78, 5) is 28.0. The summed E-state index contributed by atoms with van der Waals surface area (Å²) in [6.07, 6.45) is 2.98. The zero-order valence-electron chi connectivity index (χ0n) is 14.5. The fraction of sp³-hybridized carbons (Fsp3) is 0.158. The number of ether oxygens (including phenoxy) is 1. The van der Waals surface area contributed by atoms with Crippen LogP contribution >= 0.6 is 11.6 Å². The molecule has 7 nitrogen and oxygen atoms in total. The third-order valence-corrected chi connectivity index (χ3v) is 4.08. The molecule has 8 heteroatoms. The lowest BCUT2D eigenvalue weighted by Crippen LogP contribution is -2.31. The fourth-order valence-corrected chi connectivity index (χ4v) is 2.65. The minimum Gasteiger partial charge on any atom is -0.452 e. The molecule has 0 fully saturated rings. The zero-order valence-corrected chi connectivity index (χ0v) is 15.3. The van der Waals surface area contributed by atoms with Crippen LogP contribution in [0.5, 0.6) is 0 Å². The molecule has 3 rings (SSSR count). The summed E-state index contributed by atoms with van der Waals surface area (Å²) in [6.45, 7) is 1.46. The van der Waals surface area contributed by atoms with Crippen LogP contribution in [0.3, 0.4) is 0 Å². The number of carbonyl (C=O) groups excluding carboxylic acids is 2. The van der Waals surface area contributed by atoms with E-state index in [1.165, 1.54) is 6.33 Å². The third kappa shape index (κ3) is 4.92. The number of halogens is 1. The molecule has 3 aromatic rings. The molecule has 0 aliphatic rings. The average Bonchev–Trinajstić information content (AvgIpc) is 3.21. The number of benzene rings is 2. The van der Waals surface area contributed by atoms with Gasteiger partial charge in [-0.1, -0.05) is 23.7 Å². The Kier molecular flexibility index (Phi) is 5.83. The van der Waals surface area contributed by atoms with E-state index in [1.54, 1.807) is 47.4 Å². The second-order valence-corrected chi connectivity index (χ2v) is 6.24. The highest BCUT2D eigenvalue weighted by atomic mass is 35.5. The summed E-state index contributed by atoms with van der Waals surface area (Å²) < 4.78 is 6.64. The molecule has 1 heterocycles. The van der Waals surface area contributed by atoms with Gasteiger partial charge in [0, 0.05) is 5.02 Å². The highest BCUT2D eigenvalue weighted by Crippen LogP contribution is 2.17. The highest BCUT2D eigenvalue weighted by molar-refractivity contribution is 6.30. The number of rotatable bonds is 6. The topological polar surface area (TPSA) is 86.1 Å². The van der Waals surface area contributed by atoms with Crippen molar-refractivity contribution in [3.8, 4) is 5.69 Å². The van der Waals surface area contributed by atoms with Gasteiger partial charge in [-0.15, -0.1) is 0 Å². The predicted molar refractivity (Wildman–Crippen MR) is 99.7 cm³/mol. The molecule has 1 atom stereocenters. The first-order valence-electron chi connectivity index (χ1n) is 8.20. The Bertz CT molecular complexity index is 926. The number of nitrogens with zero attached hydrogens (tertiary/aromatic N) is 3. The molecule has 1 amide bonds. The Hall–Kier alpha value is -3.19. The molecular formula is C19H17ClN4O3. The van der Waals surface area contributed by atoms with Crippen molar-refractivity contribution in [2.24, 2.45) is 0 Å². The molecule has 27 heavy (non-hydrogen) atoms. The van der Waals surface area contributed by atoms with Crippen molar-refractivity contribution in [3.05, 3.63) is 77.3 Å². The van der Waals surface area contributed by atoms with Crippen LogP contribution in [0.2, 0.25) is 5.02 Å². The highest BCUT2D eigenvalue weighted by Gasteiger charge is 2.13. The van der Waals surface area contributed by atoms with E-state index in [9.17, 15) is 9.59 Å². The van der Waals surface area contributed by atoms with E-state index < -0.39 is 11.9 Å². The first-order chi connectivity index (χ1) is 13.0. The first-order valence-corrected chi connectivity index (χ1v) is 8.58. The van der Waals surface area contributed by atoms with Gasteiger partial charge >= 0.3 is 5.97 Å². The summed E-state index contributed by atoms with van der Waals surface area (Å²) in [5, 5.41) is 7.36. The van der Waals surface area contributed by atoms with Crippen LogP contribution in [-0.2, 0) is 9.53 Å². The molecule has 1 N–H and O–H groups in total. The molecule has 1 aromatic heterocycles. The van der Waals surface area contributed by atoms with E-state index in [-0.39, 0.29) is 12.6 Å². The van der Waals surface area contributed by atoms with Gasteiger partial charge < -0.3 is 10.1 Å². The van der Waals surface area contributed by atoms with Gasteiger partial charge in [0.25, 0.3) is 5.91 Å². The number of carbonyl (C=O) groups is 2. The number of nitrogens with one attached hydrogen (secondary N) is 1. The van der Waals surface area contributed by atoms with E-state index in [0.717, 1.165) is 11.3 Å². The van der Waals surface area contributed by atoms with Crippen molar-refractivity contribution in [2.75, 3.05) is 6.61 Å². The van der Waals surface area contributed by atoms with Gasteiger partial charge in [-0.2, -0.15) is 5.10 Å². The lowest BCUT2D eigenvalue weighted by Gasteiger charge is -2.14. The summed E-state index contributed by atoms with van der Waals surface area (Å²) in [5.74, 6) is -0.972. The second-order valence-electron chi connectivity index (χ2n) is 5.81. The summed E-state index contributed by atoms with van der Waals surface area (Å²) in [7, 11) is 0. The van der Waals surface area contributed by atoms with E-state index >= 15 is 0 Å². The molecule has 0 saturated heterocycles. The van der Waals surface area contributed by atoms with Crippen LogP contribution in [0.25, 0.3) is 5.69 Å². The van der Waals surface area contributed by atoms with Crippen molar-refractivity contribution < 1.29 is 14.3 Å². The molecule has 138 valence electrons. The number of hydrogen-bond donors (Lipinski definition) is 1. The van der Waals surface area contributed by atoms with Crippen molar-refractivity contribution in [1.29, 1.82) is 0 Å². The maximum absolute atomic E-state index is 12.1. The quantitative estimate of drug-likeness (QED) is 0.660. The van der Waals surface area contributed by atoms with Gasteiger partial charge in [-0.3, -0.25) is 4.79 Å². The number of amides is 1. The smallest absolute Gasteiger partial charge is 0.338 e. The minimum absolute atomic E-state index is 0.253. The number of esters is 1. The number of hydrogen-bond acceptors (Lipinski definition) is 5. The lowest BCUT2D eigenvalue weighted by atomic mass is 10.1. The van der Waals surface area contributed by atoms with Crippen LogP contribution in [0.4, 0.5) is 0 Å². The van der Waals surface area contributed by atoms with Crippen molar-refractivity contribution in [3.63, 3.8) is 0 Å². The van der Waals surface area contributed by atoms with E-state index in [2.05, 4.69) is 15.4 Å². The van der Waals surface area contributed by atoms with Gasteiger partial charge in [0.1, 0.15) is 12.7 Å². The minimum atomic E-state index is -0.578. The van der Waals surface area contributed by atoms with Gasteiger partial charge in [0.15, 0.2) is 6.61 Å². The fourth-order valence-electron chi connectivity index (χ4n) is 2.45. The van der Waals surface area contributed by atoms with Crippen molar-refractivity contribution >= 4 is 23.5 Å². The largest absolute Gasteiger partial charge is 0.452 e. The molecule has 0 aliphatic heterocycles. The van der Waals surface area contributed by atoms with Gasteiger partial charge in [0.05, 0.1) is 17.3 Å². The average molecular weight is 385 g/mol. The molecule has 0 bridgehead atoms. The van der Waals surface area contributed by atoms with E-state index in [0.29, 0.717) is 10.6 Å². The molecule has 1 unspecified atom stereocenters. The standard InChI is InChI=1S/C19H17ClN4O3/c1-13(15-3-2-4-16(20)9-15)23-18(25)10-27-19(26)14-5-7-17(8-6-14)24-12-21-11-22-24/h2-9,11-13H,10H2,1H3,(H,23,25). The first kappa shape index (κ1) is 18.6. The predicted octanol–water partition coefficient (Wildman–Crippen LogP) is 2.95. The summed E-state index contributed by atoms with van der Waals surface area (Å²) >= 11 is 5.95. The van der Waals surface area contributed by atoms with E-state index in [4.69, 9.17) is 16.3 Å². The summed E-state index contributed by atoms with van der Waals surface area (Å²) in [5.41, 5.74) is 1.97. The maximum atomic E-state index is 12.1. The van der Waals surface area contributed by atoms with E-state index in [1.807, 2.05) is 19.1 Å². The Morgan fingerprint density at radius 3 is 2.67 bits per heavy atom. The normalized spacial score (nSPS) is 11.6. The molecule has 0 aliphatic carbocycles. The Balaban J connectivity index is 1.51. The second kappa shape index (κ2) is 8.46. The lowest BCUT2D eigenvalue weighted by molar-refractivity contribution is -0.124. The Morgan fingerprint density at radius 2 is 2.00 bits per heavy atom. The van der Waals surface area contributed by atoms with Crippen LogP contribution in [0.15, 0.2) is 61.2 Å². The zero-order chi connectivity index (χ0) is 19.2. The Morgan fingerprint density at radius 1 is 1.22 bits per heavy atom. The SMILES string of the molecule is CC(NC(=O)COC(=O)c1ccc(-n2cncn2)cc1)c1cccc(Cl)c1. The summed E-state index contributed by atoms with van der Waals surface area (Å²) in [6, 6.07) is 13.6. The molecule has 0 radical (unpaired) electrons. The third-order valence-electron chi connectivity index (χ3n) is 3.85. The van der Waals surface area contributed by atoms with Gasteiger partial charge in [-0.05, 0) is 48.9 Å². The van der Waals surface area contributed by atoms with Crippen molar-refractivity contribution in [2.45, 2.75) is 13.0 Å². The molecule has 0 spiro atoms. The maximum Gasteiger partial charge on any atom is 0.338 e. The van der Waals surface area contributed by atoms with Crippen LogP contribution < -0.4 is 5.32 Å². The van der Waals surface area contributed by atoms with Crippen LogP contribution in [0.1, 0.15) is 28.9 Å². The van der Waals surface area contributed by atoms with Gasteiger partial charge in [0.2, 0.25) is 0 Å². The van der Waals surface area contributed by atoms with Gasteiger partial charge in [-0.25, -0.2) is 14.5 Å². The molecule has 0 saturated carbocycles. The van der Waals surface area contributed by atoms with Crippen LogP contribution in [-0.4, -0.2) is 33.2 Å². The van der Waals surface area contributed by atoms with Crippen molar-refractivity contribution in [1.82, 2.24) is 20.1 Å². The Labute approximate surface area is 160 Å². The molecule has 2 aromatic carbocycles. The monoisotopic (exact) mass is 384 g/mol. The molecular weight excluding hydrogens is 368 g/mol. The number of aromatic nitrogens is 3. The van der Waals surface area contributed by atoms with Crippen LogP contribution in [0, 0.1) is 0 Å².